The summed E-state index contributed by atoms with van der Waals surface area (Å²) in [6.45, 7) is 1.22. The first-order valence-corrected chi connectivity index (χ1v) is 12.9. The van der Waals surface area contributed by atoms with E-state index in [1.165, 1.54) is 42.6 Å². The van der Waals surface area contributed by atoms with E-state index < -0.39 is 30.5 Å². The first-order chi connectivity index (χ1) is 19.6. The van der Waals surface area contributed by atoms with Crippen LogP contribution in [0.4, 0.5) is 23.2 Å². The number of pyridine rings is 1. The molecule has 0 radical (unpaired) electrons. The molecule has 0 fully saturated rings. The Morgan fingerprint density at radius 1 is 1.15 bits per heavy atom. The van der Waals surface area contributed by atoms with E-state index in [1.807, 2.05) is 6.92 Å². The van der Waals surface area contributed by atoms with Gasteiger partial charge in [0.05, 0.1) is 17.6 Å². The Bertz CT molecular complexity index is 1760. The van der Waals surface area contributed by atoms with Crippen molar-refractivity contribution in [3.05, 3.63) is 64.6 Å². The van der Waals surface area contributed by atoms with Crippen LogP contribution in [0.1, 0.15) is 44.9 Å². The largest absolute Gasteiger partial charge is 0.435 e. The lowest BCUT2D eigenvalue weighted by atomic mass is 10.0. The Labute approximate surface area is 233 Å². The molecule has 4 N–H and O–H groups in total. The number of aromatic nitrogens is 5. The summed E-state index contributed by atoms with van der Waals surface area (Å²) in [6.07, 6.45) is -1.37. The molecule has 15 heteroatoms. The number of carbonyl (C=O) groups is 2. The van der Waals surface area contributed by atoms with Crippen molar-refractivity contribution in [2.24, 2.45) is 5.73 Å². The van der Waals surface area contributed by atoms with Crippen LogP contribution in [-0.2, 0) is 6.54 Å². The summed E-state index contributed by atoms with van der Waals surface area (Å²) in [6, 6.07) is 8.27. The minimum absolute atomic E-state index is 0.00336. The van der Waals surface area contributed by atoms with Gasteiger partial charge in [0.2, 0.25) is 0 Å². The number of hydrogen-bond donors (Lipinski definition) is 3. The number of thiophene rings is 1. The van der Waals surface area contributed by atoms with Gasteiger partial charge in [-0.15, -0.1) is 11.3 Å². The standard InChI is InChI=1S/C26H21F4N7O3S/c1-3-37-11(2)15(10-32-37)14-8-17(22(27)28)33-25-19(14)20(21(41-25)23(31)38)34-24(39)18-9-16(35-36-18)12-4-6-13(7-5-12)40-26(29)30/h4-10,22,26H,3H2,1-2H3,(H2,31,38)(H,34,39)(H,35,36). The molecule has 0 aliphatic heterocycles. The summed E-state index contributed by atoms with van der Waals surface area (Å²) in [4.78, 5) is 29.7. The number of anilines is 1. The Morgan fingerprint density at radius 2 is 1.88 bits per heavy atom. The molecule has 0 unspecified atom stereocenters. The Balaban J connectivity index is 1.56. The van der Waals surface area contributed by atoms with Gasteiger partial charge in [-0.1, -0.05) is 0 Å². The molecule has 0 aliphatic carbocycles. The molecule has 0 spiro atoms. The molecule has 10 nitrogen and oxygen atoms in total. The fraction of sp³-hybridized carbons (Fsp3) is 0.192. The van der Waals surface area contributed by atoms with Gasteiger partial charge in [0.25, 0.3) is 18.2 Å². The minimum atomic E-state index is -2.97. The zero-order valence-electron chi connectivity index (χ0n) is 21.4. The molecule has 212 valence electrons. The molecule has 0 saturated heterocycles. The number of hydrogen-bond acceptors (Lipinski definition) is 7. The van der Waals surface area contributed by atoms with Crippen molar-refractivity contribution in [1.82, 2.24) is 25.0 Å². The second-order valence-electron chi connectivity index (χ2n) is 8.73. The van der Waals surface area contributed by atoms with E-state index >= 15 is 0 Å². The topological polar surface area (TPSA) is 141 Å². The number of aryl methyl sites for hydroxylation is 1. The average molecular weight is 588 g/mol. The van der Waals surface area contributed by atoms with Crippen molar-refractivity contribution >= 4 is 39.1 Å². The van der Waals surface area contributed by atoms with Gasteiger partial charge in [0.1, 0.15) is 26.8 Å². The monoisotopic (exact) mass is 587 g/mol. The molecule has 2 amide bonds. The van der Waals surface area contributed by atoms with Gasteiger partial charge in [-0.25, -0.2) is 13.8 Å². The Kier molecular flexibility index (Phi) is 7.45. The number of nitrogens with two attached hydrogens (primary N) is 1. The lowest BCUT2D eigenvalue weighted by Crippen LogP contribution is -2.17. The lowest BCUT2D eigenvalue weighted by Gasteiger charge is -2.10. The van der Waals surface area contributed by atoms with Gasteiger partial charge < -0.3 is 15.8 Å². The molecule has 5 rings (SSSR count). The van der Waals surface area contributed by atoms with Gasteiger partial charge in [-0.2, -0.15) is 19.0 Å². The third-order valence-corrected chi connectivity index (χ3v) is 7.36. The molecule has 41 heavy (non-hydrogen) atoms. The number of H-pyrrole nitrogens is 1. The zero-order chi connectivity index (χ0) is 29.4. The number of alkyl halides is 4. The van der Waals surface area contributed by atoms with Crippen molar-refractivity contribution < 1.29 is 31.9 Å². The predicted molar refractivity (Wildman–Crippen MR) is 143 cm³/mol. The molecule has 0 atom stereocenters. The maximum Gasteiger partial charge on any atom is 0.387 e. The Morgan fingerprint density at radius 3 is 2.49 bits per heavy atom. The third-order valence-electron chi connectivity index (χ3n) is 6.26. The first kappa shape index (κ1) is 27.8. The van der Waals surface area contributed by atoms with Crippen molar-refractivity contribution in [2.45, 2.75) is 33.4 Å². The highest BCUT2D eigenvalue weighted by atomic mass is 32.1. The number of amides is 2. The molecule has 1 aromatic carbocycles. The van der Waals surface area contributed by atoms with Crippen LogP contribution in [0.15, 0.2) is 42.6 Å². The normalized spacial score (nSPS) is 11.5. The summed E-state index contributed by atoms with van der Waals surface area (Å²) in [5.74, 6) is -1.63. The Hall–Kier alpha value is -4.79. The summed E-state index contributed by atoms with van der Waals surface area (Å²) < 4.78 is 58.4. The van der Waals surface area contributed by atoms with Gasteiger partial charge in [-0.05, 0) is 55.8 Å². The van der Waals surface area contributed by atoms with E-state index in [9.17, 15) is 27.2 Å². The zero-order valence-corrected chi connectivity index (χ0v) is 22.2. The van der Waals surface area contributed by atoms with Gasteiger partial charge >= 0.3 is 6.61 Å². The van der Waals surface area contributed by atoms with Gasteiger partial charge in [0.15, 0.2) is 0 Å². The molecule has 4 aromatic heterocycles. The van der Waals surface area contributed by atoms with Crippen LogP contribution in [-0.4, -0.2) is 43.4 Å². The smallest absolute Gasteiger partial charge is 0.387 e. The highest BCUT2D eigenvalue weighted by Crippen LogP contribution is 2.43. The molecular weight excluding hydrogens is 566 g/mol. The van der Waals surface area contributed by atoms with E-state index in [0.29, 0.717) is 34.6 Å². The molecule has 0 saturated carbocycles. The van der Waals surface area contributed by atoms with Crippen molar-refractivity contribution in [3.63, 3.8) is 0 Å². The average Bonchev–Trinajstić information content (AvgIpc) is 3.65. The van der Waals surface area contributed by atoms with Crippen molar-refractivity contribution in [2.75, 3.05) is 5.32 Å². The second-order valence-corrected chi connectivity index (χ2v) is 9.73. The number of primary amides is 1. The number of fused-ring (bicyclic) bond motifs is 1. The lowest BCUT2D eigenvalue weighted by molar-refractivity contribution is -0.0498. The maximum absolute atomic E-state index is 13.8. The number of aromatic amines is 1. The van der Waals surface area contributed by atoms with Gasteiger partial charge in [-0.3, -0.25) is 19.4 Å². The van der Waals surface area contributed by atoms with Crippen LogP contribution in [0.5, 0.6) is 5.75 Å². The van der Waals surface area contributed by atoms with E-state index in [2.05, 4.69) is 30.3 Å². The van der Waals surface area contributed by atoms with E-state index in [1.54, 1.807) is 11.6 Å². The van der Waals surface area contributed by atoms with Crippen molar-refractivity contribution in [3.8, 4) is 28.1 Å². The number of benzene rings is 1. The molecule has 4 heterocycles. The molecular formula is C26H21F4N7O3S. The molecule has 0 bridgehead atoms. The van der Waals surface area contributed by atoms with Crippen LogP contribution >= 0.6 is 11.3 Å². The maximum atomic E-state index is 13.8. The van der Waals surface area contributed by atoms with Crippen LogP contribution < -0.4 is 15.8 Å². The first-order valence-electron chi connectivity index (χ1n) is 12.1. The number of nitrogens with one attached hydrogen (secondary N) is 2. The van der Waals surface area contributed by atoms with Crippen LogP contribution in [0.3, 0.4) is 0 Å². The second kappa shape index (κ2) is 11.0. The number of rotatable bonds is 9. The quantitative estimate of drug-likeness (QED) is 0.187. The van der Waals surface area contributed by atoms with E-state index in [0.717, 1.165) is 11.3 Å². The summed E-state index contributed by atoms with van der Waals surface area (Å²) >= 11 is 0.784. The highest BCUT2D eigenvalue weighted by Gasteiger charge is 2.27. The summed E-state index contributed by atoms with van der Waals surface area (Å²) in [5, 5.41) is 13.9. The summed E-state index contributed by atoms with van der Waals surface area (Å²) in [7, 11) is 0. The fourth-order valence-corrected chi connectivity index (χ4v) is 5.35. The number of nitrogens with zero attached hydrogens (tertiary/aromatic N) is 4. The van der Waals surface area contributed by atoms with Crippen LogP contribution in [0.25, 0.3) is 32.6 Å². The summed E-state index contributed by atoms with van der Waals surface area (Å²) in [5.41, 5.74) is 7.46. The molecule has 5 aromatic rings. The van der Waals surface area contributed by atoms with E-state index in [-0.39, 0.29) is 32.2 Å². The predicted octanol–water partition coefficient (Wildman–Crippen LogP) is 5.77. The SMILES string of the molecule is CCn1ncc(-c2cc(C(F)F)nc3sc(C(N)=O)c(NC(=O)c4cc(-c5ccc(OC(F)F)cc5)n[nH]4)c23)c1C. The van der Waals surface area contributed by atoms with Crippen LogP contribution in [0, 0.1) is 6.92 Å². The highest BCUT2D eigenvalue weighted by molar-refractivity contribution is 7.21. The minimum Gasteiger partial charge on any atom is -0.435 e. The fourth-order valence-electron chi connectivity index (χ4n) is 4.34. The molecule has 0 aliphatic rings. The van der Waals surface area contributed by atoms with Gasteiger partial charge in [0, 0.05) is 28.8 Å². The number of ether oxygens (including phenoxy) is 1. The van der Waals surface area contributed by atoms with Crippen LogP contribution in [0.2, 0.25) is 0 Å². The third kappa shape index (κ3) is 5.35. The number of halogens is 4. The van der Waals surface area contributed by atoms with Crippen molar-refractivity contribution in [1.29, 1.82) is 0 Å². The number of carbonyl (C=O) groups excluding carboxylic acids is 2. The van der Waals surface area contributed by atoms with E-state index in [4.69, 9.17) is 5.73 Å².